The predicted octanol–water partition coefficient (Wildman–Crippen LogP) is 1.84. The Morgan fingerprint density at radius 1 is 1.19 bits per heavy atom. The average Bonchev–Trinajstić information content (AvgIpc) is 2.73. The van der Waals surface area contributed by atoms with Crippen molar-refractivity contribution in [2.45, 2.75) is 24.2 Å². The molecule has 0 spiro atoms. The Hall–Kier alpha value is -2.34. The van der Waals surface area contributed by atoms with Crippen molar-refractivity contribution in [2.24, 2.45) is 0 Å². The Kier molecular flexibility index (Phi) is 7.33. The minimum absolute atomic E-state index is 0.0415. The van der Waals surface area contributed by atoms with Gasteiger partial charge in [-0.15, -0.1) is 0 Å². The summed E-state index contributed by atoms with van der Waals surface area (Å²) in [6.45, 7) is -1.12. The van der Waals surface area contributed by atoms with E-state index in [1.165, 1.54) is 30.5 Å². The minimum atomic E-state index is -5.16. The third-order valence-electron chi connectivity index (χ3n) is 4.80. The molecule has 1 aliphatic heterocycles. The molecule has 1 aliphatic rings. The Balaban J connectivity index is 1.83. The van der Waals surface area contributed by atoms with Gasteiger partial charge in [0.25, 0.3) is 5.91 Å². The quantitative estimate of drug-likeness (QED) is 0.403. The molecule has 1 aromatic carbocycles. The van der Waals surface area contributed by atoms with Crippen molar-refractivity contribution in [3.8, 4) is 11.1 Å². The maximum Gasteiger partial charge on any atom is 0.470 e. The maximum absolute atomic E-state index is 13.5. The summed E-state index contributed by atoms with van der Waals surface area (Å²) >= 11 is 0. The van der Waals surface area contributed by atoms with Crippen LogP contribution in [0.1, 0.15) is 17.4 Å². The van der Waals surface area contributed by atoms with Gasteiger partial charge in [0.05, 0.1) is 24.9 Å². The summed E-state index contributed by atoms with van der Waals surface area (Å²) in [7, 11) is -5.16. The number of amides is 1. The first-order valence-corrected chi connectivity index (χ1v) is 10.8. The number of halogens is 3. The highest BCUT2D eigenvalue weighted by atomic mass is 31.2. The molecule has 0 saturated carbocycles. The van der Waals surface area contributed by atoms with E-state index in [1.807, 2.05) is 0 Å². The van der Waals surface area contributed by atoms with Gasteiger partial charge in [0.2, 0.25) is 0 Å². The van der Waals surface area contributed by atoms with Crippen molar-refractivity contribution in [3.05, 3.63) is 53.9 Å². The standard InChI is InChI=1S/C19H20F3N2O7P/c20-7-14(24-18(25)17(21)22)16(31-32(27,28)29)12-3-1-11(2-4-12)13-5-6-15(23-8-13)19(26)9-30-10-19/h1-6,8,14,16-17,26H,7,9-10H2,(H,24,25)(H2,27,28,29). The molecule has 1 fully saturated rings. The van der Waals surface area contributed by atoms with Gasteiger partial charge in [-0.3, -0.25) is 14.3 Å². The zero-order valence-corrected chi connectivity index (χ0v) is 17.3. The van der Waals surface area contributed by atoms with Crippen LogP contribution in [0, 0.1) is 0 Å². The Morgan fingerprint density at radius 3 is 2.25 bits per heavy atom. The molecule has 2 unspecified atom stereocenters. The van der Waals surface area contributed by atoms with Crippen LogP contribution in [0.3, 0.4) is 0 Å². The smallest absolute Gasteiger partial charge is 0.379 e. The van der Waals surface area contributed by atoms with Crippen LogP contribution in [-0.2, 0) is 24.2 Å². The van der Waals surface area contributed by atoms with Crippen LogP contribution in [-0.4, -0.2) is 58.1 Å². The minimum Gasteiger partial charge on any atom is -0.379 e. The van der Waals surface area contributed by atoms with E-state index in [4.69, 9.17) is 14.5 Å². The van der Waals surface area contributed by atoms with Gasteiger partial charge in [-0.2, -0.15) is 8.78 Å². The first kappa shape index (κ1) is 24.3. The number of nitrogens with zero attached hydrogens (tertiary/aromatic N) is 1. The highest BCUT2D eigenvalue weighted by Crippen LogP contribution is 2.44. The highest BCUT2D eigenvalue weighted by Gasteiger charge is 2.39. The lowest BCUT2D eigenvalue weighted by Crippen LogP contribution is -2.47. The second-order valence-electron chi connectivity index (χ2n) is 7.17. The van der Waals surface area contributed by atoms with Gasteiger partial charge in [-0.25, -0.2) is 8.96 Å². The van der Waals surface area contributed by atoms with E-state index >= 15 is 0 Å². The molecule has 32 heavy (non-hydrogen) atoms. The molecular formula is C19H20F3N2O7P. The van der Waals surface area contributed by atoms with Crippen LogP contribution in [0.5, 0.6) is 0 Å². The number of pyridine rings is 1. The lowest BCUT2D eigenvalue weighted by Gasteiger charge is -2.35. The number of benzene rings is 1. The normalized spacial score (nSPS) is 17.5. The molecule has 1 saturated heterocycles. The fourth-order valence-corrected chi connectivity index (χ4v) is 3.67. The van der Waals surface area contributed by atoms with Gasteiger partial charge < -0.3 is 24.9 Å². The van der Waals surface area contributed by atoms with Crippen LogP contribution in [0.2, 0.25) is 0 Å². The summed E-state index contributed by atoms with van der Waals surface area (Å²) in [5, 5.41) is 11.9. The topological polar surface area (TPSA) is 138 Å². The first-order chi connectivity index (χ1) is 15.0. The van der Waals surface area contributed by atoms with Gasteiger partial charge in [0.1, 0.15) is 12.8 Å². The van der Waals surface area contributed by atoms with Crippen molar-refractivity contribution < 1.29 is 46.7 Å². The number of alkyl halides is 3. The number of ether oxygens (including phenoxy) is 1. The van der Waals surface area contributed by atoms with E-state index in [0.29, 0.717) is 16.8 Å². The molecule has 2 aromatic rings. The van der Waals surface area contributed by atoms with Gasteiger partial charge in [-0.05, 0) is 17.2 Å². The van der Waals surface area contributed by atoms with Gasteiger partial charge >= 0.3 is 14.2 Å². The summed E-state index contributed by atoms with van der Waals surface area (Å²) in [6, 6.07) is 7.32. The third kappa shape index (κ3) is 5.71. The number of rotatable bonds is 9. The molecule has 2 atom stereocenters. The summed E-state index contributed by atoms with van der Waals surface area (Å²) in [5.41, 5.74) is 0.622. The zero-order chi connectivity index (χ0) is 23.5. The molecule has 1 aromatic heterocycles. The molecule has 2 heterocycles. The van der Waals surface area contributed by atoms with Gasteiger partial charge in [0, 0.05) is 11.8 Å². The van der Waals surface area contributed by atoms with Crippen LogP contribution in [0.15, 0.2) is 42.6 Å². The monoisotopic (exact) mass is 476 g/mol. The van der Waals surface area contributed by atoms with E-state index in [1.54, 1.807) is 17.4 Å². The van der Waals surface area contributed by atoms with E-state index in [2.05, 4.69) is 9.51 Å². The molecule has 4 N–H and O–H groups in total. The number of aromatic nitrogens is 1. The number of phosphoric ester groups is 1. The second-order valence-corrected chi connectivity index (χ2v) is 8.36. The highest BCUT2D eigenvalue weighted by molar-refractivity contribution is 7.46. The lowest BCUT2D eigenvalue weighted by molar-refractivity contribution is -0.186. The molecule has 174 valence electrons. The van der Waals surface area contributed by atoms with Crippen molar-refractivity contribution in [1.82, 2.24) is 10.3 Å². The molecule has 0 radical (unpaired) electrons. The van der Waals surface area contributed by atoms with E-state index in [-0.39, 0.29) is 18.8 Å². The number of phosphoric acid groups is 1. The van der Waals surface area contributed by atoms with E-state index in [9.17, 15) is 27.6 Å². The van der Waals surface area contributed by atoms with Crippen molar-refractivity contribution in [2.75, 3.05) is 19.9 Å². The molecule has 13 heteroatoms. The van der Waals surface area contributed by atoms with Crippen LogP contribution < -0.4 is 5.32 Å². The SMILES string of the molecule is O=C(NC(CF)C(OP(=O)(O)O)c1ccc(-c2ccc(C3(O)COC3)nc2)cc1)C(F)F. The van der Waals surface area contributed by atoms with Crippen LogP contribution >= 0.6 is 7.82 Å². The number of aliphatic hydroxyl groups is 1. The fraction of sp³-hybridized carbons (Fsp3) is 0.368. The summed E-state index contributed by atoms with van der Waals surface area (Å²) in [6.07, 6.45) is -3.66. The largest absolute Gasteiger partial charge is 0.470 e. The van der Waals surface area contributed by atoms with E-state index in [0.717, 1.165) is 0 Å². The van der Waals surface area contributed by atoms with Gasteiger partial charge in [-0.1, -0.05) is 30.3 Å². The first-order valence-electron chi connectivity index (χ1n) is 9.28. The third-order valence-corrected chi connectivity index (χ3v) is 5.30. The van der Waals surface area contributed by atoms with Crippen molar-refractivity contribution >= 4 is 13.7 Å². The number of hydrogen-bond donors (Lipinski definition) is 4. The molecule has 9 nitrogen and oxygen atoms in total. The number of carbonyl (C=O) groups excluding carboxylic acids is 1. The maximum atomic E-state index is 13.5. The molecule has 3 rings (SSSR count). The average molecular weight is 476 g/mol. The summed E-state index contributed by atoms with van der Waals surface area (Å²) < 4.78 is 59.5. The van der Waals surface area contributed by atoms with E-state index < -0.39 is 44.6 Å². The molecule has 1 amide bonds. The Bertz CT molecular complexity index is 981. The van der Waals surface area contributed by atoms with Crippen LogP contribution in [0.4, 0.5) is 13.2 Å². The summed E-state index contributed by atoms with van der Waals surface area (Å²) in [5.74, 6) is -1.80. The molecule has 0 bridgehead atoms. The second kappa shape index (κ2) is 9.65. The fourth-order valence-electron chi connectivity index (χ4n) is 3.10. The summed E-state index contributed by atoms with van der Waals surface area (Å²) in [4.78, 5) is 33.8. The lowest BCUT2D eigenvalue weighted by atomic mass is 9.95. The predicted molar refractivity (Wildman–Crippen MR) is 104 cm³/mol. The van der Waals surface area contributed by atoms with Crippen LogP contribution in [0.25, 0.3) is 11.1 Å². The molecule has 0 aliphatic carbocycles. The molecular weight excluding hydrogens is 456 g/mol. The number of nitrogens with one attached hydrogen (secondary N) is 1. The van der Waals surface area contributed by atoms with Crippen molar-refractivity contribution in [3.63, 3.8) is 0 Å². The number of hydrogen-bond acceptors (Lipinski definition) is 6. The zero-order valence-electron chi connectivity index (χ0n) is 16.4. The Morgan fingerprint density at radius 2 is 1.81 bits per heavy atom. The number of carbonyl (C=O) groups is 1. The Labute approximate surface area is 180 Å². The van der Waals surface area contributed by atoms with Gasteiger partial charge in [0.15, 0.2) is 5.60 Å². The van der Waals surface area contributed by atoms with Crippen molar-refractivity contribution in [1.29, 1.82) is 0 Å².